The Hall–Kier alpha value is -1.36. The summed E-state index contributed by atoms with van der Waals surface area (Å²) in [6.45, 7) is 8.18. The Labute approximate surface area is 113 Å². The number of aromatic nitrogens is 2. The van der Waals surface area contributed by atoms with Crippen LogP contribution in [0.25, 0.3) is 0 Å². The number of aliphatic hydroxyl groups is 1. The van der Waals surface area contributed by atoms with Gasteiger partial charge in [0.25, 0.3) is 5.56 Å². The number of hydrogen-bond acceptors (Lipinski definition) is 4. The summed E-state index contributed by atoms with van der Waals surface area (Å²) in [4.78, 5) is 18.5. The molecule has 2 rings (SSSR count). The molecule has 1 aromatic rings. The first-order chi connectivity index (χ1) is 8.99. The molecule has 19 heavy (non-hydrogen) atoms. The van der Waals surface area contributed by atoms with Crippen LogP contribution < -0.4 is 10.5 Å². The van der Waals surface area contributed by atoms with Crippen LogP contribution in [0, 0.1) is 11.8 Å². The number of piperidine rings is 1. The first kappa shape index (κ1) is 14.1. The van der Waals surface area contributed by atoms with Gasteiger partial charge in [-0.25, -0.2) is 4.98 Å². The van der Waals surface area contributed by atoms with Crippen LogP contribution in [0.4, 0.5) is 5.82 Å². The fourth-order valence-corrected chi connectivity index (χ4v) is 2.43. The molecule has 0 spiro atoms. The smallest absolute Gasteiger partial charge is 0.293 e. The van der Waals surface area contributed by atoms with Gasteiger partial charge in [0.15, 0.2) is 5.82 Å². The van der Waals surface area contributed by atoms with Crippen molar-refractivity contribution < 1.29 is 5.11 Å². The maximum atomic E-state index is 12.4. The van der Waals surface area contributed by atoms with E-state index < -0.39 is 0 Å². The number of nitrogens with zero attached hydrogens (tertiary/aromatic N) is 3. The van der Waals surface area contributed by atoms with Gasteiger partial charge in [0.05, 0.1) is 6.10 Å². The average Bonchev–Trinajstić information content (AvgIpc) is 2.35. The molecule has 0 aromatic carbocycles. The Bertz CT molecular complexity index is 484. The molecule has 5 nitrogen and oxygen atoms in total. The van der Waals surface area contributed by atoms with E-state index in [2.05, 4.69) is 18.8 Å². The highest BCUT2D eigenvalue weighted by atomic mass is 16.3. The third-order valence-electron chi connectivity index (χ3n) is 3.68. The third kappa shape index (κ3) is 3.15. The minimum atomic E-state index is -0.381. The molecule has 2 atom stereocenters. The first-order valence-electron chi connectivity index (χ1n) is 6.97. The maximum absolute atomic E-state index is 12.4. The third-order valence-corrected chi connectivity index (χ3v) is 3.68. The normalized spacial score (nSPS) is 23.9. The lowest BCUT2D eigenvalue weighted by atomic mass is 9.96. The van der Waals surface area contributed by atoms with Gasteiger partial charge >= 0.3 is 0 Å². The van der Waals surface area contributed by atoms with Gasteiger partial charge in [-0.1, -0.05) is 20.8 Å². The van der Waals surface area contributed by atoms with Crippen molar-refractivity contribution in [3.8, 4) is 0 Å². The first-order valence-corrected chi connectivity index (χ1v) is 6.97. The molecule has 1 aliphatic rings. The molecule has 0 bridgehead atoms. The van der Waals surface area contributed by atoms with Gasteiger partial charge in [-0.05, 0) is 18.3 Å². The van der Waals surface area contributed by atoms with Crippen LogP contribution in [-0.4, -0.2) is 33.9 Å². The van der Waals surface area contributed by atoms with Gasteiger partial charge in [0, 0.05) is 32.0 Å². The van der Waals surface area contributed by atoms with Gasteiger partial charge < -0.3 is 14.6 Å². The number of hydrogen-bond donors (Lipinski definition) is 1. The van der Waals surface area contributed by atoms with Crippen molar-refractivity contribution in [1.29, 1.82) is 0 Å². The Morgan fingerprint density at radius 3 is 2.89 bits per heavy atom. The molecule has 0 amide bonds. The summed E-state index contributed by atoms with van der Waals surface area (Å²) < 4.78 is 1.71. The number of anilines is 1. The molecule has 0 aliphatic carbocycles. The zero-order chi connectivity index (χ0) is 14.0. The fourth-order valence-electron chi connectivity index (χ4n) is 2.43. The maximum Gasteiger partial charge on any atom is 0.293 e. The van der Waals surface area contributed by atoms with Crippen molar-refractivity contribution >= 4 is 5.82 Å². The highest BCUT2D eigenvalue weighted by Gasteiger charge is 2.26. The van der Waals surface area contributed by atoms with Gasteiger partial charge in [0.1, 0.15) is 0 Å². The van der Waals surface area contributed by atoms with Crippen molar-refractivity contribution in [1.82, 2.24) is 9.55 Å². The Balaban J connectivity index is 2.23. The largest absolute Gasteiger partial charge is 0.391 e. The molecule has 1 aliphatic heterocycles. The second-order valence-electron chi connectivity index (χ2n) is 5.88. The van der Waals surface area contributed by atoms with E-state index in [-0.39, 0.29) is 17.6 Å². The standard InChI is InChI=1S/C14H23N3O2/c1-10(2)8-17-7-5-15-13(14(17)19)16-6-4-11(3)12(18)9-16/h5,7,10-12,18H,4,6,8-9H2,1-3H3. The SMILES string of the molecule is CC(C)Cn1ccnc(N2CCC(C)C(O)C2)c1=O. The molecule has 2 unspecified atom stereocenters. The Morgan fingerprint density at radius 2 is 2.26 bits per heavy atom. The zero-order valence-corrected chi connectivity index (χ0v) is 11.9. The second-order valence-corrected chi connectivity index (χ2v) is 5.88. The Morgan fingerprint density at radius 1 is 1.53 bits per heavy atom. The predicted octanol–water partition coefficient (Wildman–Crippen LogP) is 1.11. The van der Waals surface area contributed by atoms with Crippen LogP contribution in [0.15, 0.2) is 17.2 Å². The molecule has 0 saturated carbocycles. The van der Waals surface area contributed by atoms with Crippen molar-refractivity contribution in [2.45, 2.75) is 39.8 Å². The summed E-state index contributed by atoms with van der Waals surface area (Å²) in [7, 11) is 0. The van der Waals surface area contributed by atoms with Gasteiger partial charge in [0.2, 0.25) is 0 Å². The minimum absolute atomic E-state index is 0.0575. The van der Waals surface area contributed by atoms with Gasteiger partial charge in [-0.3, -0.25) is 4.79 Å². The molecule has 5 heteroatoms. The van der Waals surface area contributed by atoms with E-state index in [4.69, 9.17) is 0 Å². The number of β-amino-alcohol motifs (C(OH)–C–C–N with tert-alkyl or cyclic N) is 1. The number of aliphatic hydroxyl groups excluding tert-OH is 1. The summed E-state index contributed by atoms with van der Waals surface area (Å²) in [5.41, 5.74) is -0.0575. The van der Waals surface area contributed by atoms with Crippen LogP contribution in [0.1, 0.15) is 27.2 Å². The van der Waals surface area contributed by atoms with Gasteiger partial charge in [-0.15, -0.1) is 0 Å². The summed E-state index contributed by atoms with van der Waals surface area (Å²) in [5.74, 6) is 1.17. The van der Waals surface area contributed by atoms with E-state index >= 15 is 0 Å². The van der Waals surface area contributed by atoms with Gasteiger partial charge in [-0.2, -0.15) is 0 Å². The molecular weight excluding hydrogens is 242 g/mol. The number of rotatable bonds is 3. The summed E-state index contributed by atoms with van der Waals surface area (Å²) >= 11 is 0. The van der Waals surface area contributed by atoms with Crippen molar-refractivity contribution in [2.75, 3.05) is 18.0 Å². The lowest BCUT2D eigenvalue weighted by Crippen LogP contribution is -2.46. The summed E-state index contributed by atoms with van der Waals surface area (Å²) in [6.07, 6.45) is 3.91. The van der Waals surface area contributed by atoms with E-state index in [0.717, 1.165) is 13.0 Å². The van der Waals surface area contributed by atoms with E-state index in [0.29, 0.717) is 24.8 Å². The highest BCUT2D eigenvalue weighted by molar-refractivity contribution is 5.36. The minimum Gasteiger partial charge on any atom is -0.391 e. The molecule has 1 aromatic heterocycles. The monoisotopic (exact) mass is 265 g/mol. The predicted molar refractivity (Wildman–Crippen MR) is 75.3 cm³/mol. The van der Waals surface area contributed by atoms with E-state index in [9.17, 15) is 9.90 Å². The second kappa shape index (κ2) is 5.74. The highest BCUT2D eigenvalue weighted by Crippen LogP contribution is 2.19. The Kier molecular flexibility index (Phi) is 4.24. The zero-order valence-electron chi connectivity index (χ0n) is 11.9. The van der Waals surface area contributed by atoms with Crippen LogP contribution in [0.5, 0.6) is 0 Å². The molecule has 1 N–H and O–H groups in total. The quantitative estimate of drug-likeness (QED) is 0.889. The van der Waals surface area contributed by atoms with Crippen LogP contribution in [-0.2, 0) is 6.54 Å². The summed E-state index contributed by atoms with van der Waals surface area (Å²) in [5, 5.41) is 9.94. The topological polar surface area (TPSA) is 58.4 Å². The van der Waals surface area contributed by atoms with E-state index in [1.54, 1.807) is 17.0 Å². The molecule has 106 valence electrons. The molecule has 1 saturated heterocycles. The lowest BCUT2D eigenvalue weighted by molar-refractivity contribution is 0.102. The molecular formula is C14H23N3O2. The van der Waals surface area contributed by atoms with Crippen LogP contribution in [0.3, 0.4) is 0 Å². The van der Waals surface area contributed by atoms with Crippen LogP contribution in [0.2, 0.25) is 0 Å². The van der Waals surface area contributed by atoms with Crippen LogP contribution >= 0.6 is 0 Å². The van der Waals surface area contributed by atoms with Crippen molar-refractivity contribution in [3.63, 3.8) is 0 Å². The van der Waals surface area contributed by atoms with Crippen molar-refractivity contribution in [2.24, 2.45) is 11.8 Å². The van der Waals surface area contributed by atoms with Crippen molar-refractivity contribution in [3.05, 3.63) is 22.7 Å². The lowest BCUT2D eigenvalue weighted by Gasteiger charge is -2.34. The molecule has 0 radical (unpaired) electrons. The summed E-state index contributed by atoms with van der Waals surface area (Å²) in [6, 6.07) is 0. The average molecular weight is 265 g/mol. The van der Waals surface area contributed by atoms with E-state index in [1.807, 2.05) is 11.8 Å². The van der Waals surface area contributed by atoms with E-state index in [1.165, 1.54) is 0 Å². The fraction of sp³-hybridized carbons (Fsp3) is 0.714. The molecule has 2 heterocycles. The molecule has 1 fully saturated rings.